The molecule has 2 aromatic rings. The Bertz CT molecular complexity index is 710. The van der Waals surface area contributed by atoms with Crippen molar-refractivity contribution in [1.29, 1.82) is 0 Å². The Kier molecular flexibility index (Phi) is 5.48. The van der Waals surface area contributed by atoms with Gasteiger partial charge in [0.1, 0.15) is 6.29 Å². The van der Waals surface area contributed by atoms with Crippen LogP contribution >= 0.6 is 0 Å². The third-order valence-electron chi connectivity index (χ3n) is 3.61. The zero-order valence-corrected chi connectivity index (χ0v) is 12.5. The van der Waals surface area contributed by atoms with Gasteiger partial charge in [-0.15, -0.1) is 0 Å². The third kappa shape index (κ3) is 4.40. The number of rotatable bonds is 8. The standard InChI is InChI=1S/C16H19N3O4/c17-13(16(23)19-11(9-20)5-6-15(21)22)7-10-8-18-14-4-2-1-3-12(10)14/h1-4,8-9,11,13,18H,5-7,17H2,(H,19,23)(H,21,22)/t11?,13-/m1/s1. The molecule has 0 saturated heterocycles. The van der Waals surface area contributed by atoms with E-state index in [2.05, 4.69) is 10.3 Å². The van der Waals surface area contributed by atoms with Crippen LogP contribution < -0.4 is 11.1 Å². The predicted molar refractivity (Wildman–Crippen MR) is 84.8 cm³/mol. The van der Waals surface area contributed by atoms with Crippen molar-refractivity contribution in [2.45, 2.75) is 31.3 Å². The molecule has 0 aliphatic heterocycles. The number of hydrogen-bond acceptors (Lipinski definition) is 4. The van der Waals surface area contributed by atoms with Crippen molar-refractivity contribution in [3.8, 4) is 0 Å². The van der Waals surface area contributed by atoms with Crippen LogP contribution in [-0.4, -0.2) is 40.3 Å². The van der Waals surface area contributed by atoms with Gasteiger partial charge in [0.2, 0.25) is 5.91 Å². The van der Waals surface area contributed by atoms with Crippen LogP contribution in [-0.2, 0) is 20.8 Å². The summed E-state index contributed by atoms with van der Waals surface area (Å²) in [5, 5.41) is 12.1. The maximum Gasteiger partial charge on any atom is 0.303 e. The molecule has 1 amide bonds. The van der Waals surface area contributed by atoms with Gasteiger partial charge in [-0.1, -0.05) is 18.2 Å². The number of aldehydes is 1. The molecule has 2 atom stereocenters. The molecule has 0 saturated carbocycles. The smallest absolute Gasteiger partial charge is 0.303 e. The molecule has 2 rings (SSSR count). The Morgan fingerprint density at radius 2 is 2.09 bits per heavy atom. The van der Waals surface area contributed by atoms with E-state index in [0.717, 1.165) is 16.5 Å². The number of benzene rings is 1. The second-order valence-corrected chi connectivity index (χ2v) is 5.35. The first-order chi connectivity index (χ1) is 11.0. The van der Waals surface area contributed by atoms with Crippen LogP contribution in [0.25, 0.3) is 10.9 Å². The van der Waals surface area contributed by atoms with Crippen molar-refractivity contribution in [2.24, 2.45) is 5.73 Å². The van der Waals surface area contributed by atoms with E-state index in [1.165, 1.54) is 0 Å². The maximum atomic E-state index is 12.1. The predicted octanol–water partition coefficient (Wildman–Crippen LogP) is 0.586. The van der Waals surface area contributed by atoms with E-state index >= 15 is 0 Å². The number of carboxylic acid groups (broad SMARTS) is 1. The van der Waals surface area contributed by atoms with Crippen LogP contribution in [0.5, 0.6) is 0 Å². The molecule has 0 fully saturated rings. The third-order valence-corrected chi connectivity index (χ3v) is 3.61. The minimum Gasteiger partial charge on any atom is -0.481 e. The van der Waals surface area contributed by atoms with Crippen molar-refractivity contribution in [3.63, 3.8) is 0 Å². The molecule has 0 aliphatic carbocycles. The Morgan fingerprint density at radius 1 is 1.35 bits per heavy atom. The lowest BCUT2D eigenvalue weighted by Gasteiger charge is -2.16. The molecule has 7 heteroatoms. The van der Waals surface area contributed by atoms with Crippen LogP contribution in [0.4, 0.5) is 0 Å². The van der Waals surface area contributed by atoms with Gasteiger partial charge in [0.25, 0.3) is 0 Å². The summed E-state index contributed by atoms with van der Waals surface area (Å²) in [5.41, 5.74) is 7.77. The zero-order valence-electron chi connectivity index (χ0n) is 12.5. The average molecular weight is 317 g/mol. The lowest BCUT2D eigenvalue weighted by molar-refractivity contribution is -0.137. The minimum absolute atomic E-state index is 0.0460. The average Bonchev–Trinajstić information content (AvgIpc) is 2.94. The molecule has 7 nitrogen and oxygen atoms in total. The van der Waals surface area contributed by atoms with E-state index in [0.29, 0.717) is 12.7 Å². The Labute approximate surface area is 132 Å². The van der Waals surface area contributed by atoms with Crippen LogP contribution in [0.2, 0.25) is 0 Å². The number of hydrogen-bond donors (Lipinski definition) is 4. The van der Waals surface area contributed by atoms with Crippen LogP contribution in [0.3, 0.4) is 0 Å². The second-order valence-electron chi connectivity index (χ2n) is 5.35. The first-order valence-corrected chi connectivity index (χ1v) is 7.29. The fourth-order valence-corrected chi connectivity index (χ4v) is 2.37. The number of carbonyl (C=O) groups is 3. The highest BCUT2D eigenvalue weighted by Gasteiger charge is 2.20. The van der Waals surface area contributed by atoms with Gasteiger partial charge in [-0.05, 0) is 24.5 Å². The maximum absolute atomic E-state index is 12.1. The summed E-state index contributed by atoms with van der Waals surface area (Å²) in [5.74, 6) is -1.49. The molecule has 1 aromatic heterocycles. The Balaban J connectivity index is 1.96. The highest BCUT2D eigenvalue weighted by Crippen LogP contribution is 2.18. The van der Waals surface area contributed by atoms with Crippen LogP contribution in [0, 0.1) is 0 Å². The summed E-state index contributed by atoms with van der Waals surface area (Å²) in [6, 6.07) is 6.02. The lowest BCUT2D eigenvalue weighted by Crippen LogP contribution is -2.47. The fourth-order valence-electron chi connectivity index (χ4n) is 2.37. The molecule has 23 heavy (non-hydrogen) atoms. The molecule has 0 bridgehead atoms. The summed E-state index contributed by atoms with van der Waals surface area (Å²) < 4.78 is 0. The molecule has 1 heterocycles. The van der Waals surface area contributed by atoms with Crippen LogP contribution in [0.15, 0.2) is 30.5 Å². The van der Waals surface area contributed by atoms with E-state index in [9.17, 15) is 14.4 Å². The lowest BCUT2D eigenvalue weighted by atomic mass is 10.0. The summed E-state index contributed by atoms with van der Waals surface area (Å²) in [4.78, 5) is 36.6. The van der Waals surface area contributed by atoms with Gasteiger partial charge in [0.05, 0.1) is 12.1 Å². The molecule has 0 radical (unpaired) electrons. The molecule has 0 aliphatic rings. The fraction of sp³-hybridized carbons (Fsp3) is 0.312. The summed E-state index contributed by atoms with van der Waals surface area (Å²) in [6.07, 6.45) is 2.50. The minimum atomic E-state index is -1.02. The number of aliphatic carboxylic acids is 1. The first kappa shape index (κ1) is 16.7. The Hall–Kier alpha value is -2.67. The summed E-state index contributed by atoms with van der Waals surface area (Å²) in [7, 11) is 0. The second kappa shape index (κ2) is 7.55. The number of amides is 1. The van der Waals surface area contributed by atoms with Gasteiger partial charge in [-0.25, -0.2) is 0 Å². The van der Waals surface area contributed by atoms with Gasteiger partial charge in [-0.3, -0.25) is 9.59 Å². The van der Waals surface area contributed by atoms with Crippen molar-refractivity contribution < 1.29 is 19.5 Å². The molecule has 1 aromatic carbocycles. The molecule has 0 spiro atoms. The number of H-pyrrole nitrogens is 1. The summed E-state index contributed by atoms with van der Waals surface area (Å²) >= 11 is 0. The quantitative estimate of drug-likeness (QED) is 0.530. The molecule has 122 valence electrons. The van der Waals surface area contributed by atoms with Gasteiger partial charge in [0, 0.05) is 23.5 Å². The number of carboxylic acids is 1. The molecule has 5 N–H and O–H groups in total. The number of aromatic amines is 1. The van der Waals surface area contributed by atoms with Crippen molar-refractivity contribution in [3.05, 3.63) is 36.0 Å². The number of nitrogens with two attached hydrogens (primary N) is 1. The Morgan fingerprint density at radius 3 is 2.78 bits per heavy atom. The zero-order chi connectivity index (χ0) is 16.8. The van der Waals surface area contributed by atoms with Crippen molar-refractivity contribution >= 4 is 29.1 Å². The van der Waals surface area contributed by atoms with Crippen LogP contribution in [0.1, 0.15) is 18.4 Å². The van der Waals surface area contributed by atoms with Gasteiger partial charge in [0.15, 0.2) is 0 Å². The molecule has 1 unspecified atom stereocenters. The monoisotopic (exact) mass is 317 g/mol. The number of aromatic nitrogens is 1. The van der Waals surface area contributed by atoms with Gasteiger partial charge < -0.3 is 25.9 Å². The highest BCUT2D eigenvalue weighted by atomic mass is 16.4. The topological polar surface area (TPSA) is 125 Å². The first-order valence-electron chi connectivity index (χ1n) is 7.29. The van der Waals surface area contributed by atoms with E-state index in [-0.39, 0.29) is 12.8 Å². The number of para-hydroxylation sites is 1. The number of fused-ring (bicyclic) bond motifs is 1. The molecular weight excluding hydrogens is 298 g/mol. The van der Waals surface area contributed by atoms with Crippen molar-refractivity contribution in [1.82, 2.24) is 10.3 Å². The van der Waals surface area contributed by atoms with E-state index in [1.807, 2.05) is 24.3 Å². The largest absolute Gasteiger partial charge is 0.481 e. The van der Waals surface area contributed by atoms with Gasteiger partial charge in [-0.2, -0.15) is 0 Å². The normalized spacial score (nSPS) is 13.4. The molecular formula is C16H19N3O4. The SMILES string of the molecule is N[C@H](Cc1c[nH]c2ccccc12)C(=O)NC(C=O)CCC(=O)O. The van der Waals surface area contributed by atoms with Crippen molar-refractivity contribution in [2.75, 3.05) is 0 Å². The van der Waals surface area contributed by atoms with E-state index < -0.39 is 24.0 Å². The number of nitrogens with one attached hydrogen (secondary N) is 2. The van der Waals surface area contributed by atoms with E-state index in [4.69, 9.17) is 10.8 Å². The van der Waals surface area contributed by atoms with E-state index in [1.54, 1.807) is 6.20 Å². The van der Waals surface area contributed by atoms with Gasteiger partial charge >= 0.3 is 5.97 Å². The highest BCUT2D eigenvalue weighted by molar-refractivity contribution is 5.87. The summed E-state index contributed by atoms with van der Waals surface area (Å²) in [6.45, 7) is 0. The number of carbonyl (C=O) groups excluding carboxylic acids is 2.